The van der Waals surface area contributed by atoms with Gasteiger partial charge in [0.2, 0.25) is 0 Å². The monoisotopic (exact) mass is 754 g/mol. The van der Waals surface area contributed by atoms with Crippen LogP contribution < -0.4 is 0 Å². The molecule has 42 heavy (non-hydrogen) atoms. The number of hydrogen-bond acceptors (Lipinski definition) is 0. The summed E-state index contributed by atoms with van der Waals surface area (Å²) in [5, 5.41) is 5.48. The van der Waals surface area contributed by atoms with Gasteiger partial charge in [-0.25, -0.2) is 12.1 Å². The van der Waals surface area contributed by atoms with Gasteiger partial charge >= 0.3 is 128 Å². The van der Waals surface area contributed by atoms with E-state index in [9.17, 15) is 0 Å². The second kappa shape index (κ2) is 14.1. The SMILES string of the molecule is Brc1ccc([C](=[Zr+2])c2ccc(Br)cc2)cc1.CC(C)(C)c1ccc2c(c1)[cH-]c1cc(C(C)(C)C)ccc12.c1cc[cH-]c1. The van der Waals surface area contributed by atoms with Crippen LogP contribution in [0.3, 0.4) is 0 Å². The number of rotatable bonds is 2. The van der Waals surface area contributed by atoms with Crippen LogP contribution in [0.2, 0.25) is 0 Å². The number of halogens is 2. The second-order valence-corrected chi connectivity index (χ2v) is 15.7. The van der Waals surface area contributed by atoms with E-state index in [4.69, 9.17) is 0 Å². The topological polar surface area (TPSA) is 0 Å². The number of fused-ring (bicyclic) bond motifs is 3. The van der Waals surface area contributed by atoms with E-state index in [1.54, 1.807) is 0 Å². The molecule has 0 radical (unpaired) electrons. The van der Waals surface area contributed by atoms with Gasteiger partial charge in [-0.1, -0.05) is 76.9 Å². The van der Waals surface area contributed by atoms with Gasteiger partial charge in [-0.05, 0) is 10.8 Å². The summed E-state index contributed by atoms with van der Waals surface area (Å²) in [6.45, 7) is 13.6. The minimum atomic E-state index is 0.203. The molecule has 3 heteroatoms. The van der Waals surface area contributed by atoms with E-state index in [0.29, 0.717) is 0 Å². The predicted octanol–water partition coefficient (Wildman–Crippen LogP) is 12.0. The molecule has 0 aliphatic heterocycles. The smallest absolute Gasteiger partial charge is 0.0202 e. The van der Waals surface area contributed by atoms with E-state index in [-0.39, 0.29) is 10.8 Å². The van der Waals surface area contributed by atoms with Crippen molar-refractivity contribution >= 4 is 56.6 Å². The molecule has 6 aromatic rings. The molecule has 0 N–H and O–H groups in total. The molecule has 0 amide bonds. The molecule has 6 aromatic carbocycles. The molecule has 0 aliphatic rings. The van der Waals surface area contributed by atoms with Crippen molar-refractivity contribution in [1.82, 2.24) is 0 Å². The molecule has 0 fully saturated rings. The van der Waals surface area contributed by atoms with Crippen molar-refractivity contribution in [3.05, 3.63) is 153 Å². The molecular formula is C39H38Br2Zr. The number of hydrogen-bond donors (Lipinski definition) is 0. The van der Waals surface area contributed by atoms with Crippen molar-refractivity contribution in [3.8, 4) is 0 Å². The van der Waals surface area contributed by atoms with Crippen molar-refractivity contribution in [1.29, 1.82) is 0 Å². The van der Waals surface area contributed by atoms with Crippen LogP contribution >= 0.6 is 31.9 Å². The maximum Gasteiger partial charge on any atom is -0.0202 e. The van der Waals surface area contributed by atoms with E-state index in [1.807, 2.05) is 30.3 Å². The Morgan fingerprint density at radius 3 is 1.26 bits per heavy atom. The van der Waals surface area contributed by atoms with Crippen LogP contribution in [-0.4, -0.2) is 3.21 Å². The molecule has 212 valence electrons. The largest absolute Gasteiger partial charge is 0.214 e. The third-order valence-electron chi connectivity index (χ3n) is 7.26. The molecule has 0 unspecified atom stereocenters. The fourth-order valence-corrected chi connectivity index (χ4v) is 6.02. The van der Waals surface area contributed by atoms with Crippen molar-refractivity contribution < 1.29 is 24.2 Å². The Balaban J connectivity index is 0.000000170. The summed E-state index contributed by atoms with van der Waals surface area (Å²) >= 11 is 8.34. The average molecular weight is 758 g/mol. The first-order chi connectivity index (χ1) is 19.8. The first kappa shape index (κ1) is 32.7. The van der Waals surface area contributed by atoms with Gasteiger partial charge in [0.05, 0.1) is 0 Å². The quantitative estimate of drug-likeness (QED) is 0.154. The van der Waals surface area contributed by atoms with Crippen LogP contribution in [0.15, 0.2) is 130 Å². The third-order valence-corrected chi connectivity index (χ3v) is 9.73. The molecule has 0 spiro atoms. The molecule has 0 heterocycles. The fraction of sp³-hybridized carbons (Fsp3) is 0.205. The summed E-state index contributed by atoms with van der Waals surface area (Å²) in [5.41, 5.74) is 5.80. The zero-order valence-electron chi connectivity index (χ0n) is 25.3. The van der Waals surface area contributed by atoms with Gasteiger partial charge in [0.25, 0.3) is 0 Å². The standard InChI is InChI=1S/C21H25.C13H8Br2.C5H5.Zr/c1-20(2,3)16-7-9-18-14(12-16)11-15-13-17(21(4,5)6)8-10-19(15)18;14-12-5-1-10(2-6-12)9-11-3-7-13(15)8-4-11;1-2-4-5-3-1;/h7-13H,1-6H3;1-8H;1-5H;/q-1;;-1;+2. The molecule has 0 saturated carbocycles. The summed E-state index contributed by atoms with van der Waals surface area (Å²) in [6.07, 6.45) is 0. The Morgan fingerprint density at radius 2 is 0.952 bits per heavy atom. The molecule has 0 aliphatic carbocycles. The summed E-state index contributed by atoms with van der Waals surface area (Å²) < 4.78 is 3.62. The first-order valence-corrected chi connectivity index (χ1v) is 17.1. The molecule has 0 bridgehead atoms. The van der Waals surface area contributed by atoms with Crippen molar-refractivity contribution in [2.75, 3.05) is 0 Å². The van der Waals surface area contributed by atoms with Gasteiger partial charge in [0, 0.05) is 0 Å². The van der Waals surface area contributed by atoms with Crippen molar-refractivity contribution in [2.45, 2.75) is 52.4 Å². The van der Waals surface area contributed by atoms with Gasteiger partial charge in [0.1, 0.15) is 0 Å². The Morgan fingerprint density at radius 1 is 0.571 bits per heavy atom. The van der Waals surface area contributed by atoms with Crippen LogP contribution in [0.25, 0.3) is 21.5 Å². The van der Waals surface area contributed by atoms with Gasteiger partial charge < -0.3 is 0 Å². The molecule has 0 saturated heterocycles. The van der Waals surface area contributed by atoms with Gasteiger partial charge in [0.15, 0.2) is 0 Å². The molecule has 0 aromatic heterocycles. The van der Waals surface area contributed by atoms with Crippen molar-refractivity contribution in [3.63, 3.8) is 0 Å². The van der Waals surface area contributed by atoms with Gasteiger partial charge in [-0.15, -0.1) is 39.7 Å². The van der Waals surface area contributed by atoms with Crippen LogP contribution in [-0.2, 0) is 35.1 Å². The van der Waals surface area contributed by atoms with Gasteiger partial charge in [-0.3, -0.25) is 0 Å². The normalized spacial score (nSPS) is 11.5. The Kier molecular flexibility index (Phi) is 11.0. The molecule has 0 atom stereocenters. The van der Waals surface area contributed by atoms with Crippen LogP contribution in [0.1, 0.15) is 63.8 Å². The summed E-state index contributed by atoms with van der Waals surface area (Å²) in [6, 6.07) is 43.1. The molecule has 6 rings (SSSR count). The van der Waals surface area contributed by atoms with Gasteiger partial charge in [-0.2, -0.15) is 18.2 Å². The van der Waals surface area contributed by atoms with E-state index >= 15 is 0 Å². The van der Waals surface area contributed by atoms with E-state index in [1.165, 1.54) is 71.2 Å². The maximum atomic E-state index is 3.45. The van der Waals surface area contributed by atoms with E-state index in [2.05, 4.69) is 164 Å². The van der Waals surface area contributed by atoms with Crippen LogP contribution in [0.4, 0.5) is 0 Å². The summed E-state index contributed by atoms with van der Waals surface area (Å²) in [5.74, 6) is 0. The Hall–Kier alpha value is -2.19. The minimum Gasteiger partial charge on any atom is -0.214 e. The van der Waals surface area contributed by atoms with E-state index < -0.39 is 0 Å². The molecular weight excluding hydrogens is 719 g/mol. The van der Waals surface area contributed by atoms with Crippen LogP contribution in [0, 0.1) is 0 Å². The Bertz CT molecular complexity index is 1610. The number of benzene rings is 4. The maximum absolute atomic E-state index is 3.45. The minimum absolute atomic E-state index is 0.203. The molecule has 0 nitrogen and oxygen atoms in total. The van der Waals surface area contributed by atoms with E-state index in [0.717, 1.165) is 8.95 Å². The third kappa shape index (κ3) is 8.69. The second-order valence-electron chi connectivity index (χ2n) is 12.6. The zero-order valence-corrected chi connectivity index (χ0v) is 30.9. The average Bonchev–Trinajstić information content (AvgIpc) is 3.64. The first-order valence-electron chi connectivity index (χ1n) is 14.2. The van der Waals surface area contributed by atoms with Crippen molar-refractivity contribution in [2.24, 2.45) is 0 Å². The summed E-state index contributed by atoms with van der Waals surface area (Å²) in [7, 11) is 0. The zero-order chi connectivity index (χ0) is 30.5. The Labute approximate surface area is 283 Å². The fourth-order valence-electron chi connectivity index (χ4n) is 4.68. The van der Waals surface area contributed by atoms with Crippen LogP contribution in [0.5, 0.6) is 0 Å². The predicted molar refractivity (Wildman–Crippen MR) is 188 cm³/mol. The summed E-state index contributed by atoms with van der Waals surface area (Å²) in [4.78, 5) is 0.